The lowest BCUT2D eigenvalue weighted by molar-refractivity contribution is 0.0926. The molecule has 3 aliphatic heterocycles. The molecule has 12 rings (SSSR count). The molecule has 2 fully saturated rings. The van der Waals surface area contributed by atoms with E-state index in [4.69, 9.17) is 0 Å². The smallest absolute Gasteiger partial charge is 0.247 e. The van der Waals surface area contributed by atoms with Crippen molar-refractivity contribution in [1.82, 2.24) is 4.57 Å². The zero-order valence-electron chi connectivity index (χ0n) is 29.9. The van der Waals surface area contributed by atoms with Crippen LogP contribution in [-0.2, 0) is 10.8 Å². The summed E-state index contributed by atoms with van der Waals surface area (Å²) >= 11 is 0. The predicted octanol–water partition coefficient (Wildman–Crippen LogP) is 9.65. The normalized spacial score (nSPS) is 31.0. The van der Waals surface area contributed by atoms with Crippen LogP contribution in [0.2, 0.25) is 0 Å². The maximum Gasteiger partial charge on any atom is 0.247 e. The van der Waals surface area contributed by atoms with Crippen molar-refractivity contribution < 1.29 is 0 Å². The van der Waals surface area contributed by atoms with Crippen LogP contribution < -0.4 is 21.3 Å². The second-order valence-corrected chi connectivity index (χ2v) is 17.9. The minimum atomic E-state index is 0.0204. The fourth-order valence-corrected chi connectivity index (χ4v) is 13.5. The van der Waals surface area contributed by atoms with Gasteiger partial charge in [-0.1, -0.05) is 125 Å². The van der Waals surface area contributed by atoms with Gasteiger partial charge in [-0.05, 0) is 101 Å². The van der Waals surface area contributed by atoms with Gasteiger partial charge in [0.25, 0.3) is 0 Å². The minimum Gasteiger partial charge on any atom is -0.334 e. The first-order valence-corrected chi connectivity index (χ1v) is 19.5. The van der Waals surface area contributed by atoms with Gasteiger partial charge in [0.1, 0.15) is 0 Å². The van der Waals surface area contributed by atoms with Crippen LogP contribution in [0.5, 0.6) is 0 Å². The molecule has 0 N–H and O–H groups in total. The number of rotatable bonds is 1. The third kappa shape index (κ3) is 2.91. The van der Waals surface area contributed by atoms with Crippen LogP contribution >= 0.6 is 0 Å². The van der Waals surface area contributed by atoms with E-state index in [9.17, 15) is 0 Å². The van der Waals surface area contributed by atoms with Crippen molar-refractivity contribution in [2.24, 2.45) is 5.41 Å². The summed E-state index contributed by atoms with van der Waals surface area (Å²) in [5.41, 5.74) is 18.6. The fourth-order valence-electron chi connectivity index (χ4n) is 13.5. The lowest BCUT2D eigenvalue weighted by Crippen LogP contribution is -2.61. The van der Waals surface area contributed by atoms with Crippen molar-refractivity contribution in [1.29, 1.82) is 0 Å². The summed E-state index contributed by atoms with van der Waals surface area (Å²) < 4.78 is 2.69. The second-order valence-electron chi connectivity index (χ2n) is 17.9. The summed E-state index contributed by atoms with van der Waals surface area (Å²) in [6, 6.07) is 38.6. The molecule has 0 bridgehead atoms. The number of hydrogen-bond acceptors (Lipinski definition) is 1. The van der Waals surface area contributed by atoms with E-state index in [2.05, 4.69) is 134 Å². The quantitative estimate of drug-likeness (QED) is 0.161. The SMILES string of the molecule is CC12CCCCC1(C)C1c3cc(N4c5ccccc5C5(C)CCCCC45C)cc4c3B(c3cccc2c31)c1cccc2c3ccccc3n-4c12. The zero-order chi connectivity index (χ0) is 33.4. The highest BCUT2D eigenvalue weighted by Crippen LogP contribution is 2.68. The van der Waals surface area contributed by atoms with Gasteiger partial charge in [-0.15, -0.1) is 0 Å². The van der Waals surface area contributed by atoms with Crippen LogP contribution in [0.4, 0.5) is 11.4 Å². The van der Waals surface area contributed by atoms with E-state index in [1.807, 2.05) is 0 Å². The van der Waals surface area contributed by atoms with Gasteiger partial charge >= 0.3 is 0 Å². The Labute approximate surface area is 296 Å². The molecule has 4 heterocycles. The van der Waals surface area contributed by atoms with Gasteiger partial charge in [-0.25, -0.2) is 0 Å². The number of hydrogen-bond donors (Lipinski definition) is 0. The van der Waals surface area contributed by atoms with Gasteiger partial charge in [0.15, 0.2) is 0 Å². The molecule has 5 aromatic carbocycles. The van der Waals surface area contributed by atoms with E-state index in [1.54, 1.807) is 33.2 Å². The van der Waals surface area contributed by atoms with E-state index in [1.165, 1.54) is 95.7 Å². The number of aromatic nitrogens is 1. The molecule has 2 saturated carbocycles. The number of benzene rings is 5. The number of fused-ring (bicyclic) bond motifs is 13. The van der Waals surface area contributed by atoms with E-state index in [0.29, 0.717) is 5.92 Å². The molecule has 0 radical (unpaired) electrons. The Morgan fingerprint density at radius 3 is 2.22 bits per heavy atom. The third-order valence-corrected chi connectivity index (χ3v) is 16.2. The predicted molar refractivity (Wildman–Crippen MR) is 210 cm³/mol. The van der Waals surface area contributed by atoms with Crippen molar-refractivity contribution in [3.8, 4) is 5.69 Å². The lowest BCUT2D eigenvalue weighted by atomic mass is 9.31. The van der Waals surface area contributed by atoms with Crippen molar-refractivity contribution in [3.05, 3.63) is 119 Å². The Hall–Kier alpha value is -4.24. The van der Waals surface area contributed by atoms with Crippen LogP contribution in [0, 0.1) is 5.41 Å². The number of nitrogens with zero attached hydrogens (tertiary/aromatic N) is 2. The molecule has 0 saturated heterocycles. The molecular formula is C47H45BN2. The average Bonchev–Trinajstić information content (AvgIpc) is 3.66. The highest BCUT2D eigenvalue weighted by atomic mass is 15.3. The third-order valence-electron chi connectivity index (χ3n) is 16.2. The summed E-state index contributed by atoms with van der Waals surface area (Å²) in [6.07, 6.45) is 10.3. The second kappa shape index (κ2) is 8.97. The Kier molecular flexibility index (Phi) is 5.11. The Morgan fingerprint density at radius 1 is 0.620 bits per heavy atom. The van der Waals surface area contributed by atoms with Crippen LogP contribution in [0.25, 0.3) is 27.5 Å². The topological polar surface area (TPSA) is 8.17 Å². The molecule has 6 aromatic rings. The monoisotopic (exact) mass is 648 g/mol. The summed E-state index contributed by atoms with van der Waals surface area (Å²) in [5.74, 6) is 0.398. The Balaban J connectivity index is 1.25. The van der Waals surface area contributed by atoms with E-state index >= 15 is 0 Å². The van der Waals surface area contributed by atoms with Gasteiger partial charge in [-0.3, -0.25) is 0 Å². The molecule has 6 aliphatic rings. The highest BCUT2D eigenvalue weighted by Gasteiger charge is 2.63. The van der Waals surface area contributed by atoms with Crippen LogP contribution in [0.3, 0.4) is 0 Å². The molecule has 0 amide bonds. The van der Waals surface area contributed by atoms with Gasteiger partial charge < -0.3 is 9.47 Å². The number of para-hydroxylation sites is 3. The molecule has 0 spiro atoms. The Bertz CT molecular complexity index is 2510. The highest BCUT2D eigenvalue weighted by molar-refractivity contribution is 6.99. The maximum absolute atomic E-state index is 2.84. The Morgan fingerprint density at radius 2 is 1.32 bits per heavy atom. The zero-order valence-corrected chi connectivity index (χ0v) is 29.9. The standard InChI is InChI=1S/C47H45BN2/c1-44-23-9-10-25-46(44,3)41-32-27-29(50-38-22-8-6-17-33(38)45(2)24-11-12-26-47(45,50)4)28-39-42(32)48(35-19-14-18-34(44)40(35)41)36-20-13-16-31-30-15-5-7-21-37(30)49(39)43(31)36/h5-8,13-22,27-28,41H,9-12,23-26H2,1-4H3. The molecule has 50 heavy (non-hydrogen) atoms. The average molecular weight is 649 g/mol. The van der Waals surface area contributed by atoms with Crippen LogP contribution in [0.1, 0.15) is 107 Å². The maximum atomic E-state index is 2.84. The molecule has 1 aromatic heterocycles. The van der Waals surface area contributed by atoms with Gasteiger partial charge in [0.05, 0.1) is 11.1 Å². The van der Waals surface area contributed by atoms with Gasteiger partial charge in [0, 0.05) is 44.7 Å². The molecular weight excluding hydrogens is 603 g/mol. The molecule has 2 nitrogen and oxygen atoms in total. The lowest BCUT2D eigenvalue weighted by Gasteiger charge is -2.52. The number of anilines is 2. The molecule has 5 atom stereocenters. The van der Waals surface area contributed by atoms with Crippen molar-refractivity contribution in [2.75, 3.05) is 4.90 Å². The molecule has 5 unspecified atom stereocenters. The summed E-state index contributed by atoms with van der Waals surface area (Å²) in [6.45, 7) is 10.7. The van der Waals surface area contributed by atoms with E-state index in [-0.39, 0.29) is 28.5 Å². The van der Waals surface area contributed by atoms with Crippen molar-refractivity contribution in [3.63, 3.8) is 0 Å². The molecule has 3 heteroatoms. The van der Waals surface area contributed by atoms with Crippen LogP contribution in [-0.4, -0.2) is 16.8 Å². The molecule has 3 aliphatic carbocycles. The van der Waals surface area contributed by atoms with Crippen molar-refractivity contribution in [2.45, 2.75) is 101 Å². The first kappa shape index (κ1) is 28.5. The molecule has 246 valence electrons. The van der Waals surface area contributed by atoms with Gasteiger partial charge in [0.2, 0.25) is 6.71 Å². The minimum absolute atomic E-state index is 0.0204. The fraction of sp³-hybridized carbons (Fsp3) is 0.362. The first-order chi connectivity index (χ1) is 24.3. The summed E-state index contributed by atoms with van der Waals surface area (Å²) in [7, 11) is 0. The first-order valence-electron chi connectivity index (χ1n) is 19.5. The van der Waals surface area contributed by atoms with Crippen molar-refractivity contribution >= 4 is 56.3 Å². The van der Waals surface area contributed by atoms with Gasteiger partial charge in [-0.2, -0.15) is 0 Å². The van der Waals surface area contributed by atoms with E-state index in [0.717, 1.165) is 0 Å². The largest absolute Gasteiger partial charge is 0.334 e. The summed E-state index contributed by atoms with van der Waals surface area (Å²) in [4.78, 5) is 2.84. The van der Waals surface area contributed by atoms with E-state index < -0.39 is 0 Å². The summed E-state index contributed by atoms with van der Waals surface area (Å²) in [5, 5.41) is 2.75. The van der Waals surface area contributed by atoms with Crippen LogP contribution in [0.15, 0.2) is 97.1 Å².